The summed E-state index contributed by atoms with van der Waals surface area (Å²) in [4.78, 5) is 48.0. The Kier molecular flexibility index (Phi) is 6.09. The molecule has 0 bridgehead atoms. The highest BCUT2D eigenvalue weighted by Gasteiger charge is 2.27. The second-order valence-electron chi connectivity index (χ2n) is 8.49. The van der Waals surface area contributed by atoms with E-state index in [0.29, 0.717) is 64.6 Å². The SMILES string of the molecule is C[C@H](O)C(=S)N1CCC(n2c(=O)[nH]c(=O)c3cnc4ccc(-c5cnc(CO)nc5)nc4c32)CC1. The van der Waals surface area contributed by atoms with Gasteiger partial charge in [-0.15, -0.1) is 0 Å². The van der Waals surface area contributed by atoms with Crippen molar-refractivity contribution in [3.05, 3.63) is 57.4 Å². The van der Waals surface area contributed by atoms with Crippen molar-refractivity contribution < 1.29 is 10.2 Å². The predicted molar refractivity (Wildman–Crippen MR) is 133 cm³/mol. The molecule has 11 nitrogen and oxygen atoms in total. The Balaban J connectivity index is 1.65. The van der Waals surface area contributed by atoms with E-state index in [0.717, 1.165) is 0 Å². The van der Waals surface area contributed by atoms with E-state index in [4.69, 9.17) is 17.2 Å². The van der Waals surface area contributed by atoms with Crippen LogP contribution in [-0.2, 0) is 6.61 Å². The van der Waals surface area contributed by atoms with Crippen LogP contribution in [0.1, 0.15) is 31.6 Å². The molecule has 5 rings (SSSR count). The molecule has 1 fully saturated rings. The maximum Gasteiger partial charge on any atom is 0.329 e. The van der Waals surface area contributed by atoms with E-state index in [1.54, 1.807) is 36.0 Å². The molecule has 0 aromatic carbocycles. The second-order valence-corrected chi connectivity index (χ2v) is 8.91. The Hall–Kier alpha value is -3.61. The molecule has 4 aromatic heterocycles. The Bertz CT molecular complexity index is 1540. The van der Waals surface area contributed by atoms with E-state index >= 15 is 0 Å². The topological polar surface area (TPSA) is 150 Å². The first kappa shape index (κ1) is 23.1. The summed E-state index contributed by atoms with van der Waals surface area (Å²) in [7, 11) is 0. The lowest BCUT2D eigenvalue weighted by molar-refractivity contribution is 0.215. The Labute approximate surface area is 204 Å². The van der Waals surface area contributed by atoms with Gasteiger partial charge in [0.25, 0.3) is 5.56 Å². The normalized spacial score (nSPS) is 15.6. The van der Waals surface area contributed by atoms with Crippen molar-refractivity contribution in [1.82, 2.24) is 34.4 Å². The summed E-state index contributed by atoms with van der Waals surface area (Å²) in [6.45, 7) is 2.53. The number of H-pyrrole nitrogens is 1. The third-order valence-electron chi connectivity index (χ3n) is 6.25. The molecule has 1 aliphatic rings. The van der Waals surface area contributed by atoms with Crippen LogP contribution in [0.2, 0.25) is 0 Å². The smallest absolute Gasteiger partial charge is 0.329 e. The Morgan fingerprint density at radius 2 is 1.89 bits per heavy atom. The summed E-state index contributed by atoms with van der Waals surface area (Å²) in [5.74, 6) is 0.295. The van der Waals surface area contributed by atoms with Crippen molar-refractivity contribution in [2.24, 2.45) is 0 Å². The minimum atomic E-state index is -0.716. The molecule has 12 heteroatoms. The third kappa shape index (κ3) is 4.20. The number of piperidine rings is 1. The Morgan fingerprint density at radius 3 is 2.54 bits per heavy atom. The number of hydrogen-bond acceptors (Lipinski definition) is 9. The van der Waals surface area contributed by atoms with Gasteiger partial charge in [-0.05, 0) is 31.9 Å². The number of thiocarbonyl (C=S) groups is 1. The van der Waals surface area contributed by atoms with Crippen LogP contribution in [0.15, 0.2) is 40.3 Å². The highest BCUT2D eigenvalue weighted by molar-refractivity contribution is 7.80. The minimum Gasteiger partial charge on any atom is -0.388 e. The van der Waals surface area contributed by atoms with Gasteiger partial charge in [-0.1, -0.05) is 12.2 Å². The lowest BCUT2D eigenvalue weighted by atomic mass is 10.0. The summed E-state index contributed by atoms with van der Waals surface area (Å²) in [6.07, 6.45) is 5.08. The quantitative estimate of drug-likeness (QED) is 0.277. The number of fused-ring (bicyclic) bond motifs is 3. The van der Waals surface area contributed by atoms with Gasteiger partial charge < -0.3 is 15.1 Å². The largest absolute Gasteiger partial charge is 0.388 e. The fraction of sp³-hybridized carbons (Fsp3) is 0.348. The molecular formula is C23H23N7O4S. The van der Waals surface area contributed by atoms with Crippen LogP contribution in [-0.4, -0.2) is 68.8 Å². The lowest BCUT2D eigenvalue weighted by Crippen LogP contribution is -2.44. The van der Waals surface area contributed by atoms with Crippen LogP contribution < -0.4 is 11.2 Å². The lowest BCUT2D eigenvalue weighted by Gasteiger charge is -2.35. The van der Waals surface area contributed by atoms with E-state index < -0.39 is 17.4 Å². The number of aromatic amines is 1. The van der Waals surface area contributed by atoms with Crippen molar-refractivity contribution >= 4 is 39.1 Å². The summed E-state index contributed by atoms with van der Waals surface area (Å²) >= 11 is 5.33. The monoisotopic (exact) mass is 493 g/mol. The third-order valence-corrected chi connectivity index (χ3v) is 6.85. The molecule has 0 aliphatic carbocycles. The molecule has 3 N–H and O–H groups in total. The fourth-order valence-corrected chi connectivity index (χ4v) is 4.66. The van der Waals surface area contributed by atoms with Gasteiger partial charge in [-0.25, -0.2) is 19.7 Å². The summed E-state index contributed by atoms with van der Waals surface area (Å²) in [5.41, 5.74) is 1.54. The van der Waals surface area contributed by atoms with E-state index in [-0.39, 0.29) is 18.0 Å². The van der Waals surface area contributed by atoms with Gasteiger partial charge in [-0.2, -0.15) is 0 Å². The van der Waals surface area contributed by atoms with E-state index in [9.17, 15) is 19.8 Å². The molecule has 0 radical (unpaired) electrons. The van der Waals surface area contributed by atoms with Crippen molar-refractivity contribution in [2.75, 3.05) is 13.1 Å². The maximum absolute atomic E-state index is 13.1. The van der Waals surface area contributed by atoms with Crippen LogP contribution in [0.4, 0.5) is 0 Å². The number of nitrogens with one attached hydrogen (secondary N) is 1. The number of pyridine rings is 2. The highest BCUT2D eigenvalue weighted by Crippen LogP contribution is 2.29. The summed E-state index contributed by atoms with van der Waals surface area (Å²) in [6, 6.07) is 3.35. The van der Waals surface area contributed by atoms with Gasteiger partial charge in [0, 0.05) is 43.3 Å². The highest BCUT2D eigenvalue weighted by atomic mass is 32.1. The number of hydrogen-bond donors (Lipinski definition) is 3. The standard InChI is InChI=1S/C23H23N7O4S/c1-12(32)22(35)29-6-4-14(5-7-29)30-20-15(21(33)28-23(30)34)10-24-17-3-2-16(27-19(17)20)13-8-25-18(11-31)26-9-13/h2-3,8-10,12,14,31-32H,4-7,11H2,1H3,(H,28,33,34)/t12-/m0/s1. The molecule has 5 heterocycles. The van der Waals surface area contributed by atoms with E-state index in [1.165, 1.54) is 6.20 Å². The molecular weight excluding hydrogens is 470 g/mol. The zero-order valence-electron chi connectivity index (χ0n) is 18.9. The first-order valence-corrected chi connectivity index (χ1v) is 11.6. The van der Waals surface area contributed by atoms with Gasteiger partial charge in [0.1, 0.15) is 23.2 Å². The zero-order chi connectivity index (χ0) is 24.7. The number of likely N-dealkylation sites (tertiary alicyclic amines) is 1. The van der Waals surface area contributed by atoms with Gasteiger partial charge in [-0.3, -0.25) is 19.3 Å². The van der Waals surface area contributed by atoms with Crippen molar-refractivity contribution in [3.8, 4) is 11.3 Å². The molecule has 0 saturated carbocycles. The average molecular weight is 494 g/mol. The van der Waals surface area contributed by atoms with Crippen molar-refractivity contribution in [3.63, 3.8) is 0 Å². The maximum atomic E-state index is 13.1. The van der Waals surface area contributed by atoms with Gasteiger partial charge >= 0.3 is 5.69 Å². The van der Waals surface area contributed by atoms with Crippen LogP contribution in [0, 0.1) is 0 Å². The van der Waals surface area contributed by atoms with Crippen LogP contribution in [0.5, 0.6) is 0 Å². The predicted octanol–water partition coefficient (Wildman–Crippen LogP) is 0.927. The van der Waals surface area contributed by atoms with Gasteiger partial charge in [0.2, 0.25) is 0 Å². The second kappa shape index (κ2) is 9.21. The van der Waals surface area contributed by atoms with Crippen LogP contribution in [0.3, 0.4) is 0 Å². The number of rotatable bonds is 4. The van der Waals surface area contributed by atoms with Gasteiger partial charge in [0.15, 0.2) is 5.82 Å². The molecule has 0 amide bonds. The molecule has 0 spiro atoms. The van der Waals surface area contributed by atoms with Crippen LogP contribution in [0.25, 0.3) is 33.2 Å². The molecule has 180 valence electrons. The van der Waals surface area contributed by atoms with Crippen molar-refractivity contribution in [2.45, 2.75) is 38.5 Å². The number of aliphatic hydroxyl groups excluding tert-OH is 2. The van der Waals surface area contributed by atoms with Crippen LogP contribution >= 0.6 is 12.2 Å². The molecule has 1 aliphatic heterocycles. The summed E-state index contributed by atoms with van der Waals surface area (Å²) in [5, 5.41) is 19.3. The molecule has 35 heavy (non-hydrogen) atoms. The van der Waals surface area contributed by atoms with Gasteiger partial charge in [0.05, 0.1) is 22.1 Å². The number of aliphatic hydroxyl groups is 2. The zero-order valence-corrected chi connectivity index (χ0v) is 19.7. The Morgan fingerprint density at radius 1 is 1.17 bits per heavy atom. The molecule has 0 unspecified atom stereocenters. The summed E-state index contributed by atoms with van der Waals surface area (Å²) < 4.78 is 1.60. The first-order valence-electron chi connectivity index (χ1n) is 11.2. The van der Waals surface area contributed by atoms with E-state index in [1.807, 2.05) is 4.90 Å². The fourth-order valence-electron chi connectivity index (χ4n) is 4.48. The molecule has 1 atom stereocenters. The van der Waals surface area contributed by atoms with E-state index in [2.05, 4.69) is 19.9 Å². The van der Waals surface area contributed by atoms with Crippen molar-refractivity contribution in [1.29, 1.82) is 0 Å². The molecule has 4 aromatic rings. The molecule has 1 saturated heterocycles. The minimum absolute atomic E-state index is 0.196. The number of nitrogens with zero attached hydrogens (tertiary/aromatic N) is 6. The first-order chi connectivity index (χ1) is 16.9. The average Bonchev–Trinajstić information content (AvgIpc) is 2.88. The number of aromatic nitrogens is 6.